The maximum Gasteiger partial charge on any atom is 0.264 e. The highest BCUT2D eigenvalue weighted by Gasteiger charge is 2.20. The maximum atomic E-state index is 13.3. The zero-order valence-corrected chi connectivity index (χ0v) is 18.5. The molecule has 0 atom stereocenters. The van der Waals surface area contributed by atoms with Crippen molar-refractivity contribution in [1.82, 2.24) is 14.7 Å². The molecule has 4 rings (SSSR count). The molecule has 1 amide bonds. The molecule has 2 aromatic carbocycles. The average molecular weight is 428 g/mol. The molecule has 0 saturated carbocycles. The molecule has 162 valence electrons. The molecule has 7 nitrogen and oxygen atoms in total. The highest BCUT2D eigenvalue weighted by molar-refractivity contribution is 5.91. The van der Waals surface area contributed by atoms with Crippen LogP contribution in [0.3, 0.4) is 0 Å². The minimum absolute atomic E-state index is 0.120. The number of amides is 1. The zero-order valence-electron chi connectivity index (χ0n) is 18.5. The molecule has 0 bridgehead atoms. The largest absolute Gasteiger partial charge is 0.333 e. The number of nitrogens with one attached hydrogen (secondary N) is 1. The molecule has 0 radical (unpaired) electrons. The van der Waals surface area contributed by atoms with Crippen LogP contribution in [-0.4, -0.2) is 20.6 Å². The van der Waals surface area contributed by atoms with E-state index in [9.17, 15) is 9.59 Å². The number of hydrogen-bond donors (Lipinski definition) is 1. The molecule has 4 aromatic rings. The minimum atomic E-state index is -0.346. The fourth-order valence-electron chi connectivity index (χ4n) is 3.58. The second-order valence-electron chi connectivity index (χ2n) is 7.89. The lowest BCUT2D eigenvalue weighted by atomic mass is 10.1. The van der Waals surface area contributed by atoms with E-state index >= 15 is 0 Å². The average Bonchev–Trinajstić information content (AvgIpc) is 3.23. The second-order valence-corrected chi connectivity index (χ2v) is 7.89. The quantitative estimate of drug-likeness (QED) is 0.508. The van der Waals surface area contributed by atoms with Crippen molar-refractivity contribution in [3.63, 3.8) is 0 Å². The first-order valence-electron chi connectivity index (χ1n) is 10.3. The van der Waals surface area contributed by atoms with Gasteiger partial charge in [0.1, 0.15) is 12.1 Å². The van der Waals surface area contributed by atoms with E-state index in [1.54, 1.807) is 6.92 Å². The summed E-state index contributed by atoms with van der Waals surface area (Å²) in [5, 5.41) is 6.91. The van der Waals surface area contributed by atoms with Crippen LogP contribution in [0.2, 0.25) is 0 Å². The number of aromatic nitrogens is 3. The van der Waals surface area contributed by atoms with Crippen LogP contribution in [0.15, 0.2) is 63.9 Å². The van der Waals surface area contributed by atoms with Crippen LogP contribution in [0.5, 0.6) is 0 Å². The number of carbonyl (C=O) groups is 1. The van der Waals surface area contributed by atoms with E-state index < -0.39 is 0 Å². The van der Waals surface area contributed by atoms with Crippen LogP contribution in [0, 0.1) is 27.7 Å². The Morgan fingerprint density at radius 2 is 1.72 bits per heavy atom. The summed E-state index contributed by atoms with van der Waals surface area (Å²) in [6.07, 6.45) is 0. The Morgan fingerprint density at radius 1 is 1.00 bits per heavy atom. The predicted octanol–water partition coefficient (Wildman–Crippen LogP) is 4.44. The van der Waals surface area contributed by atoms with Gasteiger partial charge in [-0.25, -0.2) is 0 Å². The number of para-hydroxylation sites is 1. The van der Waals surface area contributed by atoms with Gasteiger partial charge in [-0.1, -0.05) is 53.2 Å². The third-order valence-corrected chi connectivity index (χ3v) is 5.38. The number of hydrogen-bond acceptors (Lipinski definition) is 5. The van der Waals surface area contributed by atoms with Crippen molar-refractivity contribution >= 4 is 11.6 Å². The van der Waals surface area contributed by atoms with E-state index in [1.165, 1.54) is 4.57 Å². The number of carbonyl (C=O) groups excluding carboxylic acids is 1. The molecule has 0 saturated heterocycles. The smallest absolute Gasteiger partial charge is 0.264 e. The van der Waals surface area contributed by atoms with Gasteiger partial charge in [-0.3, -0.25) is 9.59 Å². The molecule has 0 aliphatic carbocycles. The summed E-state index contributed by atoms with van der Waals surface area (Å²) in [5.41, 5.74) is 4.93. The summed E-state index contributed by atoms with van der Waals surface area (Å²) in [7, 11) is 0. The Hall–Kier alpha value is -4.00. The summed E-state index contributed by atoms with van der Waals surface area (Å²) < 4.78 is 6.86. The van der Waals surface area contributed by atoms with Gasteiger partial charge >= 0.3 is 0 Å². The molecule has 0 aliphatic heterocycles. The molecular weight excluding hydrogens is 404 g/mol. The van der Waals surface area contributed by atoms with Gasteiger partial charge in [-0.05, 0) is 51.0 Å². The monoisotopic (exact) mass is 428 g/mol. The first-order chi connectivity index (χ1) is 15.3. The van der Waals surface area contributed by atoms with Crippen molar-refractivity contribution in [3.05, 3.63) is 87.3 Å². The number of aryl methyl sites for hydroxylation is 4. The van der Waals surface area contributed by atoms with Gasteiger partial charge in [0, 0.05) is 16.9 Å². The van der Waals surface area contributed by atoms with E-state index in [0.717, 1.165) is 22.4 Å². The SMILES string of the molecule is Cc1ccc(-c2noc(-c3c(C)cc(C)n(CC(=O)Nc4ccccc4C)c3=O)n2)cc1. The number of pyridine rings is 1. The van der Waals surface area contributed by atoms with Gasteiger partial charge in [0.15, 0.2) is 0 Å². The van der Waals surface area contributed by atoms with Gasteiger partial charge in [0.2, 0.25) is 11.7 Å². The first-order valence-corrected chi connectivity index (χ1v) is 10.3. The van der Waals surface area contributed by atoms with Gasteiger partial charge in [-0.15, -0.1) is 0 Å². The Labute approximate surface area is 185 Å². The Bertz CT molecular complexity index is 1350. The molecular formula is C25H24N4O3. The lowest BCUT2D eigenvalue weighted by Crippen LogP contribution is -2.30. The van der Waals surface area contributed by atoms with Crippen molar-refractivity contribution in [1.29, 1.82) is 0 Å². The maximum absolute atomic E-state index is 13.3. The second kappa shape index (κ2) is 8.63. The molecule has 1 N–H and O–H groups in total. The third kappa shape index (κ3) is 4.23. The van der Waals surface area contributed by atoms with Gasteiger partial charge in [-0.2, -0.15) is 4.98 Å². The lowest BCUT2D eigenvalue weighted by molar-refractivity contribution is -0.116. The summed E-state index contributed by atoms with van der Waals surface area (Å²) in [6, 6.07) is 17.1. The number of nitrogens with zero attached hydrogens (tertiary/aromatic N) is 3. The molecule has 0 aliphatic rings. The molecule has 2 heterocycles. The third-order valence-electron chi connectivity index (χ3n) is 5.38. The summed E-state index contributed by atoms with van der Waals surface area (Å²) >= 11 is 0. The van der Waals surface area contributed by atoms with Crippen LogP contribution in [0.25, 0.3) is 22.8 Å². The van der Waals surface area contributed by atoms with E-state index in [4.69, 9.17) is 4.52 Å². The predicted molar refractivity (Wildman–Crippen MR) is 123 cm³/mol. The summed E-state index contributed by atoms with van der Waals surface area (Å²) in [4.78, 5) is 30.4. The van der Waals surface area contributed by atoms with Crippen LogP contribution in [0.1, 0.15) is 22.4 Å². The molecule has 2 aromatic heterocycles. The van der Waals surface area contributed by atoms with Crippen LogP contribution in [-0.2, 0) is 11.3 Å². The number of rotatable bonds is 5. The Kier molecular flexibility index (Phi) is 5.73. The van der Waals surface area contributed by atoms with Gasteiger partial charge in [0.05, 0.1) is 0 Å². The van der Waals surface area contributed by atoms with Gasteiger partial charge in [0.25, 0.3) is 11.4 Å². The van der Waals surface area contributed by atoms with E-state index in [-0.39, 0.29) is 23.9 Å². The van der Waals surface area contributed by atoms with Crippen molar-refractivity contribution in [2.75, 3.05) is 5.32 Å². The topological polar surface area (TPSA) is 90.0 Å². The Morgan fingerprint density at radius 3 is 2.44 bits per heavy atom. The minimum Gasteiger partial charge on any atom is -0.333 e. The van der Waals surface area contributed by atoms with Crippen molar-refractivity contribution in [2.24, 2.45) is 0 Å². The highest BCUT2D eigenvalue weighted by Crippen LogP contribution is 2.23. The number of benzene rings is 2. The molecule has 32 heavy (non-hydrogen) atoms. The molecule has 0 unspecified atom stereocenters. The molecule has 0 fully saturated rings. The van der Waals surface area contributed by atoms with Crippen molar-refractivity contribution < 1.29 is 9.32 Å². The lowest BCUT2D eigenvalue weighted by Gasteiger charge is -2.14. The van der Waals surface area contributed by atoms with Gasteiger partial charge < -0.3 is 14.4 Å². The summed E-state index contributed by atoms with van der Waals surface area (Å²) in [5.74, 6) is 0.254. The fraction of sp³-hybridized carbons (Fsp3) is 0.200. The van der Waals surface area contributed by atoms with Crippen LogP contribution < -0.4 is 10.9 Å². The van der Waals surface area contributed by atoms with E-state index in [2.05, 4.69) is 15.5 Å². The first kappa shape index (κ1) is 21.2. The highest BCUT2D eigenvalue weighted by atomic mass is 16.5. The standard InChI is InChI=1S/C25H24N4O3/c1-15-9-11-19(12-10-15)23-27-24(32-28-23)22-17(3)13-18(4)29(25(22)31)14-21(30)26-20-8-6-5-7-16(20)2/h5-13H,14H2,1-4H3,(H,26,30). The molecule has 7 heteroatoms. The van der Waals surface area contributed by atoms with Crippen molar-refractivity contribution in [3.8, 4) is 22.8 Å². The normalized spacial score (nSPS) is 10.9. The number of anilines is 1. The van der Waals surface area contributed by atoms with Crippen LogP contribution >= 0.6 is 0 Å². The molecule has 0 spiro atoms. The zero-order chi connectivity index (χ0) is 22.8. The van der Waals surface area contributed by atoms with E-state index in [0.29, 0.717) is 22.6 Å². The fourth-order valence-corrected chi connectivity index (χ4v) is 3.58. The Balaban J connectivity index is 1.66. The van der Waals surface area contributed by atoms with Crippen molar-refractivity contribution in [2.45, 2.75) is 34.2 Å². The van der Waals surface area contributed by atoms with Crippen LogP contribution in [0.4, 0.5) is 5.69 Å². The summed E-state index contributed by atoms with van der Waals surface area (Å²) in [6.45, 7) is 7.41. The van der Waals surface area contributed by atoms with E-state index in [1.807, 2.05) is 75.4 Å².